The number of aryl methyl sites for hydroxylation is 3. The summed E-state index contributed by atoms with van der Waals surface area (Å²) in [5.74, 6) is 0.718. The van der Waals surface area contributed by atoms with Gasteiger partial charge in [-0.05, 0) is 86.7 Å². The number of benzene rings is 1. The number of rotatable bonds is 3. The van der Waals surface area contributed by atoms with Crippen LogP contribution in [-0.4, -0.2) is 27.5 Å². The summed E-state index contributed by atoms with van der Waals surface area (Å²) in [6.07, 6.45) is 11.3. The Bertz CT molecular complexity index is 1110. The van der Waals surface area contributed by atoms with Crippen LogP contribution < -0.4 is 5.32 Å². The summed E-state index contributed by atoms with van der Waals surface area (Å²) in [7, 11) is 0. The zero-order valence-electron chi connectivity index (χ0n) is 17.5. The lowest BCUT2D eigenvalue weighted by atomic mass is 9.94. The van der Waals surface area contributed by atoms with Gasteiger partial charge in [0, 0.05) is 22.9 Å². The minimum absolute atomic E-state index is 0.718. The third kappa shape index (κ3) is 3.51. The van der Waals surface area contributed by atoms with Gasteiger partial charge in [-0.2, -0.15) is 0 Å². The first-order chi connectivity index (χ1) is 14.1. The Balaban J connectivity index is 1.54. The molecule has 3 aromatic rings. The van der Waals surface area contributed by atoms with Crippen LogP contribution in [0.2, 0.25) is 0 Å². The van der Waals surface area contributed by atoms with Crippen LogP contribution >= 0.6 is 11.8 Å². The SMILES string of the molecule is CCc1cc(-c2cn3cc(C)nc(C)c3n2)cc2c1CC=C(C1CCNCC1)S2. The summed E-state index contributed by atoms with van der Waals surface area (Å²) in [4.78, 5) is 12.5. The molecule has 2 aromatic heterocycles. The summed E-state index contributed by atoms with van der Waals surface area (Å²) in [6.45, 7) is 8.62. The van der Waals surface area contributed by atoms with Gasteiger partial charge in [-0.25, -0.2) is 4.98 Å². The number of nitrogens with zero attached hydrogens (tertiary/aromatic N) is 3. The first kappa shape index (κ1) is 18.9. The van der Waals surface area contributed by atoms with E-state index in [1.807, 2.05) is 25.6 Å². The van der Waals surface area contributed by atoms with Crippen molar-refractivity contribution in [3.8, 4) is 11.3 Å². The number of hydrogen-bond donors (Lipinski definition) is 1. The number of thioether (sulfide) groups is 1. The molecule has 5 heteroatoms. The number of piperidine rings is 1. The van der Waals surface area contributed by atoms with Crippen LogP contribution in [0.3, 0.4) is 0 Å². The molecule has 0 radical (unpaired) electrons. The highest BCUT2D eigenvalue weighted by molar-refractivity contribution is 8.03. The van der Waals surface area contributed by atoms with Crippen LogP contribution in [0.5, 0.6) is 0 Å². The number of aromatic nitrogens is 3. The molecule has 29 heavy (non-hydrogen) atoms. The maximum atomic E-state index is 4.93. The van der Waals surface area contributed by atoms with Gasteiger partial charge in [0.1, 0.15) is 0 Å². The predicted molar refractivity (Wildman–Crippen MR) is 121 cm³/mol. The Morgan fingerprint density at radius 2 is 1.97 bits per heavy atom. The van der Waals surface area contributed by atoms with Gasteiger partial charge >= 0.3 is 0 Å². The van der Waals surface area contributed by atoms with Crippen molar-refractivity contribution in [1.29, 1.82) is 0 Å². The van der Waals surface area contributed by atoms with Crippen LogP contribution in [0.4, 0.5) is 0 Å². The van der Waals surface area contributed by atoms with Crippen molar-refractivity contribution in [2.75, 3.05) is 13.1 Å². The van der Waals surface area contributed by atoms with Gasteiger partial charge in [0.15, 0.2) is 5.65 Å². The van der Waals surface area contributed by atoms with E-state index in [0.29, 0.717) is 0 Å². The Morgan fingerprint density at radius 3 is 2.76 bits per heavy atom. The maximum Gasteiger partial charge on any atom is 0.158 e. The Morgan fingerprint density at radius 1 is 1.14 bits per heavy atom. The van der Waals surface area contributed by atoms with Crippen molar-refractivity contribution >= 4 is 17.4 Å². The van der Waals surface area contributed by atoms with Gasteiger partial charge < -0.3 is 9.72 Å². The molecule has 4 heterocycles. The zero-order chi connectivity index (χ0) is 20.0. The second-order valence-corrected chi connectivity index (χ2v) is 9.34. The lowest BCUT2D eigenvalue weighted by Gasteiger charge is -2.28. The standard InChI is InChI=1S/C24H28N4S/c1-4-17-11-19(21-14-28-13-15(2)26-16(3)24(28)27-21)12-23-20(17)5-6-22(29-23)18-7-9-25-10-8-18/h6,11-14,18,25H,4-5,7-10H2,1-3H3. The first-order valence-electron chi connectivity index (χ1n) is 10.7. The van der Waals surface area contributed by atoms with Gasteiger partial charge in [0.2, 0.25) is 0 Å². The van der Waals surface area contributed by atoms with E-state index in [0.717, 1.165) is 54.6 Å². The molecule has 0 amide bonds. The van der Waals surface area contributed by atoms with Crippen LogP contribution in [0, 0.1) is 19.8 Å². The molecule has 0 atom stereocenters. The Labute approximate surface area is 176 Å². The van der Waals surface area contributed by atoms with E-state index in [-0.39, 0.29) is 0 Å². The number of hydrogen-bond acceptors (Lipinski definition) is 4. The molecule has 1 aromatic carbocycles. The number of nitrogens with one attached hydrogen (secondary N) is 1. The molecule has 1 fully saturated rings. The van der Waals surface area contributed by atoms with Gasteiger partial charge in [-0.1, -0.05) is 24.8 Å². The third-order valence-corrected chi connectivity index (χ3v) is 7.50. The second kappa shape index (κ2) is 7.62. The minimum Gasteiger partial charge on any atom is -0.317 e. The summed E-state index contributed by atoms with van der Waals surface area (Å²) < 4.78 is 2.12. The molecule has 1 N–H and O–H groups in total. The monoisotopic (exact) mass is 404 g/mol. The molecule has 0 unspecified atom stereocenters. The van der Waals surface area contributed by atoms with Crippen LogP contribution in [-0.2, 0) is 12.8 Å². The number of allylic oxidation sites excluding steroid dienone is 2. The Hall–Kier alpha value is -2.11. The highest BCUT2D eigenvalue weighted by Gasteiger charge is 2.24. The van der Waals surface area contributed by atoms with E-state index in [2.05, 4.69) is 52.2 Å². The molecule has 2 aliphatic heterocycles. The van der Waals surface area contributed by atoms with E-state index in [4.69, 9.17) is 4.98 Å². The molecule has 0 aliphatic carbocycles. The fraction of sp³-hybridized carbons (Fsp3) is 0.417. The molecule has 5 rings (SSSR count). The molecule has 0 bridgehead atoms. The smallest absolute Gasteiger partial charge is 0.158 e. The summed E-state index contributed by atoms with van der Waals surface area (Å²) in [5, 5.41) is 3.49. The van der Waals surface area contributed by atoms with Crippen LogP contribution in [0.15, 0.2) is 40.4 Å². The average molecular weight is 405 g/mol. The second-order valence-electron chi connectivity index (χ2n) is 8.23. The number of fused-ring (bicyclic) bond motifs is 2. The summed E-state index contributed by atoms with van der Waals surface area (Å²) in [5.41, 5.74) is 8.17. The highest BCUT2D eigenvalue weighted by atomic mass is 32.2. The van der Waals surface area contributed by atoms with Gasteiger partial charge in [-0.3, -0.25) is 4.98 Å². The molecule has 0 spiro atoms. The summed E-state index contributed by atoms with van der Waals surface area (Å²) >= 11 is 2.00. The van der Waals surface area contributed by atoms with Crippen molar-refractivity contribution in [3.05, 3.63) is 58.0 Å². The highest BCUT2D eigenvalue weighted by Crippen LogP contribution is 2.44. The molecule has 1 saturated heterocycles. The fourth-order valence-corrected chi connectivity index (χ4v) is 6.01. The largest absolute Gasteiger partial charge is 0.317 e. The Kier molecular flexibility index (Phi) is 4.96. The molecular formula is C24H28N4S. The fourth-order valence-electron chi connectivity index (χ4n) is 4.66. The van der Waals surface area contributed by atoms with Gasteiger partial charge in [-0.15, -0.1) is 0 Å². The molecular weight excluding hydrogens is 376 g/mol. The van der Waals surface area contributed by atoms with E-state index in [1.54, 1.807) is 4.91 Å². The average Bonchev–Trinajstić information content (AvgIpc) is 3.17. The van der Waals surface area contributed by atoms with Crippen molar-refractivity contribution in [2.24, 2.45) is 5.92 Å². The van der Waals surface area contributed by atoms with E-state index >= 15 is 0 Å². The summed E-state index contributed by atoms with van der Waals surface area (Å²) in [6, 6.07) is 4.71. The van der Waals surface area contributed by atoms with Crippen molar-refractivity contribution in [1.82, 2.24) is 19.7 Å². The quantitative estimate of drug-likeness (QED) is 0.659. The van der Waals surface area contributed by atoms with Gasteiger partial charge in [0.05, 0.1) is 17.1 Å². The van der Waals surface area contributed by atoms with Gasteiger partial charge in [0.25, 0.3) is 0 Å². The normalized spacial score (nSPS) is 17.4. The molecule has 4 nitrogen and oxygen atoms in total. The van der Waals surface area contributed by atoms with E-state index < -0.39 is 0 Å². The van der Waals surface area contributed by atoms with Crippen molar-refractivity contribution in [3.63, 3.8) is 0 Å². The third-order valence-electron chi connectivity index (χ3n) is 6.18. The maximum absolute atomic E-state index is 4.93. The van der Waals surface area contributed by atoms with Crippen molar-refractivity contribution in [2.45, 2.75) is 51.3 Å². The molecule has 0 saturated carbocycles. The van der Waals surface area contributed by atoms with Crippen molar-refractivity contribution < 1.29 is 0 Å². The predicted octanol–water partition coefficient (Wildman–Crippen LogP) is 5.11. The zero-order valence-corrected chi connectivity index (χ0v) is 18.3. The van der Waals surface area contributed by atoms with Crippen LogP contribution in [0.1, 0.15) is 42.3 Å². The topological polar surface area (TPSA) is 42.2 Å². The van der Waals surface area contributed by atoms with E-state index in [1.165, 1.54) is 34.4 Å². The first-order valence-corrected chi connectivity index (χ1v) is 11.5. The molecule has 2 aliphatic rings. The van der Waals surface area contributed by atoms with E-state index in [9.17, 15) is 0 Å². The molecule has 150 valence electrons. The number of imidazole rings is 1. The van der Waals surface area contributed by atoms with Crippen LogP contribution in [0.25, 0.3) is 16.9 Å². The lowest BCUT2D eigenvalue weighted by Crippen LogP contribution is -2.28. The minimum atomic E-state index is 0.718. The lowest BCUT2D eigenvalue weighted by molar-refractivity contribution is 0.431.